The highest BCUT2D eigenvalue weighted by Gasteiger charge is 2.16. The smallest absolute Gasteiger partial charge is 0.160 e. The van der Waals surface area contributed by atoms with Crippen molar-refractivity contribution in [1.29, 1.82) is 0 Å². The fraction of sp³-hybridized carbons (Fsp3) is 0.750. The second kappa shape index (κ2) is 12.5. The second-order valence-corrected chi connectivity index (χ2v) is 10.4. The Morgan fingerprint density at radius 3 is 2.00 bits per heavy atom. The molecule has 0 aromatic carbocycles. The van der Waals surface area contributed by atoms with Crippen molar-refractivity contribution in [3.8, 4) is 0 Å². The lowest BCUT2D eigenvalue weighted by atomic mass is 9.87. The first-order valence-electron chi connectivity index (χ1n) is 13.6. The molecule has 1 N–H and O–H groups in total. The molecule has 2 aliphatic carbocycles. The van der Waals surface area contributed by atoms with E-state index in [9.17, 15) is 0 Å². The van der Waals surface area contributed by atoms with Gasteiger partial charge in [-0.05, 0) is 42.7 Å². The molecule has 0 amide bonds. The van der Waals surface area contributed by atoms with E-state index in [-0.39, 0.29) is 0 Å². The van der Waals surface area contributed by atoms with Crippen molar-refractivity contribution < 1.29 is 0 Å². The summed E-state index contributed by atoms with van der Waals surface area (Å²) in [5, 5.41) is 3.82. The molecule has 2 saturated carbocycles. The second-order valence-electron chi connectivity index (χ2n) is 10.4. The molecule has 0 radical (unpaired) electrons. The number of aromatic nitrogens is 2. The van der Waals surface area contributed by atoms with Gasteiger partial charge in [-0.2, -0.15) is 0 Å². The van der Waals surface area contributed by atoms with Crippen LogP contribution in [0, 0.1) is 5.92 Å². The fourth-order valence-corrected chi connectivity index (χ4v) is 5.97. The van der Waals surface area contributed by atoms with Crippen LogP contribution in [-0.2, 0) is 0 Å². The first-order chi connectivity index (χ1) is 15.4. The van der Waals surface area contributed by atoms with Crippen molar-refractivity contribution in [3.05, 3.63) is 30.2 Å². The van der Waals surface area contributed by atoms with Gasteiger partial charge in [0.05, 0.1) is 5.69 Å². The summed E-state index contributed by atoms with van der Waals surface area (Å²) in [6, 6.07) is 2.45. The third-order valence-electron chi connectivity index (χ3n) is 7.93. The highest BCUT2D eigenvalue weighted by Crippen LogP contribution is 2.33. The molecule has 0 bridgehead atoms. The summed E-state index contributed by atoms with van der Waals surface area (Å²) in [5.41, 5.74) is 3.87. The van der Waals surface area contributed by atoms with E-state index in [1.807, 2.05) is 6.20 Å². The first-order valence-corrected chi connectivity index (χ1v) is 13.6. The Morgan fingerprint density at radius 1 is 0.774 bits per heavy atom. The van der Waals surface area contributed by atoms with Crippen LogP contribution in [-0.4, -0.2) is 15.9 Å². The lowest BCUT2D eigenvalue weighted by Crippen LogP contribution is -2.11. The van der Waals surface area contributed by atoms with E-state index in [1.54, 1.807) is 0 Å². The Bertz CT molecular complexity index is 745. The summed E-state index contributed by atoms with van der Waals surface area (Å²) in [6.07, 6.45) is 31.9. The van der Waals surface area contributed by atoms with Crippen molar-refractivity contribution in [1.82, 2.24) is 9.38 Å². The van der Waals surface area contributed by atoms with Crippen LogP contribution in [0.15, 0.2) is 24.7 Å². The SMILES string of the molecule is c1cn2cc(C3CCCCCCCCC3)cc(NCCC3CCCCCCCC3)c2n1. The zero-order valence-electron chi connectivity index (χ0n) is 19.8. The largest absolute Gasteiger partial charge is 0.382 e. The Balaban J connectivity index is 1.41. The number of nitrogens with zero attached hydrogens (tertiary/aromatic N) is 2. The van der Waals surface area contributed by atoms with Crippen molar-refractivity contribution in [2.75, 3.05) is 11.9 Å². The molecule has 0 atom stereocenters. The van der Waals surface area contributed by atoms with Gasteiger partial charge in [0.1, 0.15) is 0 Å². The summed E-state index contributed by atoms with van der Waals surface area (Å²) in [7, 11) is 0. The van der Waals surface area contributed by atoms with Crippen molar-refractivity contribution in [2.24, 2.45) is 5.92 Å². The summed E-state index contributed by atoms with van der Waals surface area (Å²) >= 11 is 0. The maximum absolute atomic E-state index is 4.67. The van der Waals surface area contributed by atoms with Gasteiger partial charge in [-0.15, -0.1) is 0 Å². The summed E-state index contributed by atoms with van der Waals surface area (Å²) in [6.45, 7) is 1.08. The van der Waals surface area contributed by atoms with Gasteiger partial charge in [0.15, 0.2) is 5.65 Å². The summed E-state index contributed by atoms with van der Waals surface area (Å²) < 4.78 is 2.26. The lowest BCUT2D eigenvalue weighted by Gasteiger charge is -2.21. The summed E-state index contributed by atoms with van der Waals surface area (Å²) in [4.78, 5) is 4.67. The Morgan fingerprint density at radius 2 is 1.35 bits per heavy atom. The molecule has 2 aliphatic rings. The fourth-order valence-electron chi connectivity index (χ4n) is 5.97. The molecule has 0 aliphatic heterocycles. The van der Waals surface area contributed by atoms with Crippen LogP contribution in [0.1, 0.15) is 127 Å². The topological polar surface area (TPSA) is 29.3 Å². The van der Waals surface area contributed by atoms with E-state index in [1.165, 1.54) is 127 Å². The Labute approximate surface area is 190 Å². The predicted molar refractivity (Wildman–Crippen MR) is 133 cm³/mol. The molecule has 2 fully saturated rings. The lowest BCUT2D eigenvalue weighted by molar-refractivity contribution is 0.409. The molecule has 0 unspecified atom stereocenters. The minimum absolute atomic E-state index is 0.708. The van der Waals surface area contributed by atoms with Crippen LogP contribution in [0.2, 0.25) is 0 Å². The quantitative estimate of drug-likeness (QED) is 0.522. The molecule has 2 aromatic heterocycles. The molecule has 3 nitrogen and oxygen atoms in total. The molecule has 4 rings (SSSR count). The standard InChI is InChI=1S/C28H45N3/c1-2-8-12-16-25(17-13-9-3-1)26-22-27(28-30-20-21-31(28)23-26)29-19-18-24-14-10-6-4-5-7-11-15-24/h20-25,29H,1-19H2. The average Bonchev–Trinajstić information content (AvgIpc) is 3.31. The molecule has 0 saturated heterocycles. The molecule has 31 heavy (non-hydrogen) atoms. The van der Waals surface area contributed by atoms with E-state index in [4.69, 9.17) is 0 Å². The molecular formula is C28H45N3. The molecule has 172 valence electrons. The van der Waals surface area contributed by atoms with Crippen LogP contribution in [0.5, 0.6) is 0 Å². The zero-order valence-corrected chi connectivity index (χ0v) is 19.8. The molecule has 2 heterocycles. The van der Waals surface area contributed by atoms with Gasteiger partial charge in [0, 0.05) is 25.1 Å². The molecular weight excluding hydrogens is 378 g/mol. The Hall–Kier alpha value is -1.51. The third kappa shape index (κ3) is 6.99. The van der Waals surface area contributed by atoms with E-state index in [0.29, 0.717) is 5.92 Å². The van der Waals surface area contributed by atoms with Gasteiger partial charge in [-0.1, -0.05) is 96.3 Å². The molecule has 3 heteroatoms. The van der Waals surface area contributed by atoms with Crippen LogP contribution in [0.3, 0.4) is 0 Å². The number of pyridine rings is 1. The van der Waals surface area contributed by atoms with E-state index in [2.05, 4.69) is 33.2 Å². The minimum atomic E-state index is 0.708. The van der Waals surface area contributed by atoms with Gasteiger partial charge in [-0.25, -0.2) is 4.98 Å². The van der Waals surface area contributed by atoms with Crippen molar-refractivity contribution in [2.45, 2.75) is 121 Å². The summed E-state index contributed by atoms with van der Waals surface area (Å²) in [5.74, 6) is 1.61. The van der Waals surface area contributed by atoms with E-state index < -0.39 is 0 Å². The van der Waals surface area contributed by atoms with E-state index in [0.717, 1.165) is 18.1 Å². The van der Waals surface area contributed by atoms with Gasteiger partial charge < -0.3 is 9.72 Å². The average molecular weight is 424 g/mol. The van der Waals surface area contributed by atoms with Gasteiger partial charge in [-0.3, -0.25) is 0 Å². The van der Waals surface area contributed by atoms with Gasteiger partial charge in [0.2, 0.25) is 0 Å². The maximum Gasteiger partial charge on any atom is 0.160 e. The third-order valence-corrected chi connectivity index (χ3v) is 7.93. The van der Waals surface area contributed by atoms with Crippen molar-refractivity contribution >= 4 is 11.3 Å². The molecule has 0 spiro atoms. The maximum atomic E-state index is 4.67. The van der Waals surface area contributed by atoms with Crippen LogP contribution in [0.25, 0.3) is 5.65 Å². The van der Waals surface area contributed by atoms with Crippen LogP contribution < -0.4 is 5.32 Å². The predicted octanol–water partition coefficient (Wildman–Crippen LogP) is 8.50. The number of nitrogens with one attached hydrogen (secondary N) is 1. The number of hydrogen-bond donors (Lipinski definition) is 1. The number of hydrogen-bond acceptors (Lipinski definition) is 2. The number of rotatable bonds is 5. The normalized spacial score (nSPS) is 21.3. The zero-order chi connectivity index (χ0) is 21.1. The number of anilines is 1. The number of fused-ring (bicyclic) bond motifs is 1. The monoisotopic (exact) mass is 423 g/mol. The van der Waals surface area contributed by atoms with E-state index >= 15 is 0 Å². The Kier molecular flexibility index (Phi) is 9.15. The molecule has 2 aromatic rings. The van der Waals surface area contributed by atoms with Gasteiger partial charge in [0.25, 0.3) is 0 Å². The van der Waals surface area contributed by atoms with Gasteiger partial charge >= 0.3 is 0 Å². The van der Waals surface area contributed by atoms with Crippen LogP contribution >= 0.6 is 0 Å². The highest BCUT2D eigenvalue weighted by atomic mass is 15.0. The number of imidazole rings is 1. The minimum Gasteiger partial charge on any atom is -0.382 e. The first kappa shape index (κ1) is 22.7. The highest BCUT2D eigenvalue weighted by molar-refractivity contribution is 5.68. The van der Waals surface area contributed by atoms with Crippen molar-refractivity contribution in [3.63, 3.8) is 0 Å². The van der Waals surface area contributed by atoms with Crippen LogP contribution in [0.4, 0.5) is 5.69 Å².